The zero-order chi connectivity index (χ0) is 51.4. The number of esters is 2. The molecule has 0 heterocycles. The molecule has 0 bridgehead atoms. The van der Waals surface area contributed by atoms with Gasteiger partial charge >= 0.3 is 35.4 Å². The van der Waals surface area contributed by atoms with Gasteiger partial charge in [0.1, 0.15) is 43.2 Å². The van der Waals surface area contributed by atoms with Crippen LogP contribution in [0, 0.1) is 0 Å². The van der Waals surface area contributed by atoms with Crippen LogP contribution >= 0.6 is 23.5 Å². The molecule has 19 nitrogen and oxygen atoms in total. The molecule has 0 radical (unpaired) electrons. The van der Waals surface area contributed by atoms with Crippen molar-refractivity contribution in [2.45, 2.75) is 224 Å². The normalized spacial score (nSPS) is 21.7. The van der Waals surface area contributed by atoms with E-state index in [1.807, 2.05) is 18.2 Å². The first-order chi connectivity index (χ1) is 32.8. The Kier molecular flexibility index (Phi) is 36.5. The number of rotatable bonds is 42. The topological polar surface area (TPSA) is 303 Å². The van der Waals surface area contributed by atoms with Gasteiger partial charge in [-0.1, -0.05) is 165 Å². The van der Waals surface area contributed by atoms with E-state index in [1.54, 1.807) is 0 Å². The van der Waals surface area contributed by atoms with Crippen molar-refractivity contribution in [3.05, 3.63) is 48.6 Å². The predicted octanol–water partition coefficient (Wildman–Crippen LogP) is 9.40. The van der Waals surface area contributed by atoms with E-state index in [-0.39, 0.29) is 12.8 Å². The second-order valence-corrected chi connectivity index (χ2v) is 21.2. The Morgan fingerprint density at radius 3 is 1.33 bits per heavy atom. The summed E-state index contributed by atoms with van der Waals surface area (Å²) in [5.74, 6) is -1.36. The van der Waals surface area contributed by atoms with E-state index in [2.05, 4.69) is 53.3 Å². The molecule has 0 saturated heterocycles. The van der Waals surface area contributed by atoms with Crippen molar-refractivity contribution in [2.75, 3.05) is 13.2 Å². The minimum absolute atomic E-state index is 0.0703. The molecule has 69 heavy (non-hydrogen) atoms. The highest BCUT2D eigenvalue weighted by Crippen LogP contribution is 2.51. The first-order valence-corrected chi connectivity index (χ1v) is 29.5. The average Bonchev–Trinajstić information content (AvgIpc) is 3.28. The zero-order valence-electron chi connectivity index (χ0n) is 40.9. The molecule has 1 fully saturated rings. The fourth-order valence-electron chi connectivity index (χ4n) is 7.40. The molecule has 0 aromatic heterocycles. The summed E-state index contributed by atoms with van der Waals surface area (Å²) in [7, 11) is -16.6. The minimum Gasteiger partial charge on any atom is -0.462 e. The van der Waals surface area contributed by atoms with E-state index in [1.165, 1.54) is 83.5 Å². The number of ether oxygens (including phenoxy) is 2. The van der Waals surface area contributed by atoms with Crippen molar-refractivity contribution in [1.29, 1.82) is 0 Å². The molecule has 22 heteroatoms. The van der Waals surface area contributed by atoms with Gasteiger partial charge in [0.25, 0.3) is 0 Å². The molecular weight excluding hydrogens is 961 g/mol. The molecule has 0 aromatic rings. The maximum absolute atomic E-state index is 13.1. The van der Waals surface area contributed by atoms with Gasteiger partial charge in [-0.25, -0.2) is 13.7 Å². The van der Waals surface area contributed by atoms with E-state index >= 15 is 0 Å². The maximum Gasteiger partial charge on any atom is 0.472 e. The highest BCUT2D eigenvalue weighted by molar-refractivity contribution is 7.47. The van der Waals surface area contributed by atoms with Crippen molar-refractivity contribution in [3.63, 3.8) is 0 Å². The molecule has 1 aliphatic carbocycles. The third-order valence-corrected chi connectivity index (χ3v) is 13.2. The van der Waals surface area contributed by atoms with E-state index in [0.29, 0.717) is 25.7 Å². The summed E-state index contributed by atoms with van der Waals surface area (Å²) in [4.78, 5) is 73.3. The predicted molar refractivity (Wildman–Crippen MR) is 261 cm³/mol. The Morgan fingerprint density at radius 2 is 0.855 bits per heavy atom. The van der Waals surface area contributed by atoms with E-state index in [4.69, 9.17) is 18.5 Å². The molecule has 402 valence electrons. The van der Waals surface area contributed by atoms with Crippen LogP contribution in [0.5, 0.6) is 0 Å². The lowest BCUT2D eigenvalue weighted by molar-refractivity contribution is -0.213. The van der Waals surface area contributed by atoms with Crippen LogP contribution in [0.2, 0.25) is 0 Å². The number of aliphatic hydroxyl groups excluding tert-OH is 3. The number of phosphoric acid groups is 3. The first kappa shape index (κ1) is 65.1. The summed E-state index contributed by atoms with van der Waals surface area (Å²) in [6.45, 7) is 2.88. The fraction of sp³-hybridized carbons (Fsp3) is 0.787. The van der Waals surface area contributed by atoms with Crippen LogP contribution in [0.15, 0.2) is 48.6 Å². The van der Waals surface area contributed by atoms with Crippen molar-refractivity contribution < 1.29 is 90.6 Å². The number of hydrogen-bond donors (Lipinski definition) is 8. The number of unbranched alkanes of at least 4 members (excludes halogenated alkanes) is 18. The average molecular weight is 1050 g/mol. The fourth-order valence-corrected chi connectivity index (χ4v) is 9.50. The Hall–Kier alpha value is -1.89. The monoisotopic (exact) mass is 1050 g/mol. The summed E-state index contributed by atoms with van der Waals surface area (Å²) in [5, 5.41) is 31.9. The number of allylic oxidation sites excluding steroid dienone is 8. The van der Waals surface area contributed by atoms with Gasteiger partial charge in [0.15, 0.2) is 6.10 Å². The van der Waals surface area contributed by atoms with Crippen molar-refractivity contribution in [1.82, 2.24) is 0 Å². The van der Waals surface area contributed by atoms with Crippen LogP contribution in [0.1, 0.15) is 181 Å². The summed E-state index contributed by atoms with van der Waals surface area (Å²) in [5.41, 5.74) is 0. The lowest BCUT2D eigenvalue weighted by Crippen LogP contribution is -2.65. The Balaban J connectivity index is 2.75. The minimum atomic E-state index is -5.61. The van der Waals surface area contributed by atoms with E-state index < -0.39 is 91.3 Å². The van der Waals surface area contributed by atoms with E-state index in [0.717, 1.165) is 44.9 Å². The van der Waals surface area contributed by atoms with Crippen LogP contribution in [-0.2, 0) is 50.9 Å². The lowest BCUT2D eigenvalue weighted by atomic mass is 9.85. The molecule has 1 aliphatic rings. The molecule has 1 saturated carbocycles. The Morgan fingerprint density at radius 1 is 0.464 bits per heavy atom. The quantitative estimate of drug-likeness (QED) is 0.0122. The molecule has 0 aliphatic heterocycles. The van der Waals surface area contributed by atoms with Crippen LogP contribution in [0.25, 0.3) is 0 Å². The van der Waals surface area contributed by atoms with Crippen molar-refractivity contribution in [2.24, 2.45) is 0 Å². The van der Waals surface area contributed by atoms with Crippen LogP contribution < -0.4 is 0 Å². The van der Waals surface area contributed by atoms with Gasteiger partial charge in [0, 0.05) is 12.8 Å². The molecule has 0 spiro atoms. The molecule has 1 rings (SSSR count). The third-order valence-electron chi connectivity index (χ3n) is 11.1. The first-order valence-electron chi connectivity index (χ1n) is 24.9. The lowest BCUT2D eigenvalue weighted by Gasteiger charge is -2.44. The van der Waals surface area contributed by atoms with Gasteiger partial charge in [0.2, 0.25) is 0 Å². The summed E-state index contributed by atoms with van der Waals surface area (Å²) >= 11 is 0. The number of aliphatic hydroxyl groups is 3. The number of carbonyl (C=O) groups is 2. The largest absolute Gasteiger partial charge is 0.472 e. The Labute approximate surface area is 410 Å². The summed E-state index contributed by atoms with van der Waals surface area (Å²) in [6, 6.07) is 0. The smallest absolute Gasteiger partial charge is 0.462 e. The van der Waals surface area contributed by atoms with Crippen LogP contribution in [0.3, 0.4) is 0 Å². The molecule has 0 amide bonds. The number of hydrogen-bond acceptors (Lipinski definition) is 14. The highest BCUT2D eigenvalue weighted by atomic mass is 31.2. The van der Waals surface area contributed by atoms with Gasteiger partial charge in [-0.15, -0.1) is 0 Å². The maximum atomic E-state index is 13.1. The molecule has 1 unspecified atom stereocenters. The van der Waals surface area contributed by atoms with Crippen molar-refractivity contribution in [3.8, 4) is 0 Å². The van der Waals surface area contributed by atoms with Crippen LogP contribution in [-0.4, -0.2) is 108 Å². The zero-order valence-corrected chi connectivity index (χ0v) is 43.6. The van der Waals surface area contributed by atoms with Gasteiger partial charge in [-0.2, -0.15) is 0 Å². The second-order valence-electron chi connectivity index (χ2n) is 17.4. The SMILES string of the molecule is CCCCC/C=C/C/C=C/C/C=C/C/C=C/CCCC(=O)O[C@H](COC(=O)CCCCCCCCCCCCCCCCC)COP(=O)(O)O[C@@H]1[C@H](O)[C@H](O)[C@@H](OP(=O)(O)O)[C@H](OP(=O)(O)O)[C@H]1O. The molecule has 8 N–H and O–H groups in total. The summed E-state index contributed by atoms with van der Waals surface area (Å²) in [6.07, 6.45) is 25.6. The third kappa shape index (κ3) is 35.0. The van der Waals surface area contributed by atoms with Crippen LogP contribution in [0.4, 0.5) is 0 Å². The molecule has 8 atom stereocenters. The van der Waals surface area contributed by atoms with Crippen molar-refractivity contribution >= 4 is 35.4 Å². The second kappa shape index (κ2) is 38.7. The number of carbonyl (C=O) groups excluding carboxylic acids is 2. The van der Waals surface area contributed by atoms with Gasteiger partial charge < -0.3 is 49.3 Å². The Bertz CT molecular complexity index is 1630. The van der Waals surface area contributed by atoms with E-state index in [9.17, 15) is 63.1 Å². The van der Waals surface area contributed by atoms with Gasteiger partial charge in [-0.3, -0.25) is 27.7 Å². The van der Waals surface area contributed by atoms with Gasteiger partial charge in [0.05, 0.1) is 6.61 Å². The molecule has 0 aromatic carbocycles. The molecular formula is C47H85O19P3. The summed E-state index contributed by atoms with van der Waals surface area (Å²) < 4.78 is 65.5. The number of phosphoric ester groups is 3. The highest BCUT2D eigenvalue weighted by Gasteiger charge is 2.56. The van der Waals surface area contributed by atoms with Gasteiger partial charge in [-0.05, 0) is 51.4 Å². The standard InChI is InChI=1S/C47H85O19P3/c1-3-5-7-9-11-13-15-17-19-20-22-24-26-28-30-32-34-36-41(49)63-39(37-61-40(48)35-33-31-29-27-25-23-21-18-16-14-12-10-8-6-4-2)38-62-69(59,60)66-45-42(50)43(51)46(64-67(53,54)55)47(44(45)52)65-68(56,57)58/h11,13,17,19,22,24,28,30,39,42-47,50-52H,3-10,12,14-16,18,20-21,23,25-27,29,31-38H2,1-2H3,(H,59,60)(H2,53,54,55)(H2,56,57,58)/b13-11+,19-17+,24-22+,30-28+/t39-,42-,43+,44+,45-,46-,47-/m1/s1.